The highest BCUT2D eigenvalue weighted by molar-refractivity contribution is 7.13. The SMILES string of the molecule is Cc1[nH]c(C(=O)Nc2nccs2)c(C)c1C(=O)OC(C)C. The fraction of sp³-hybridized carbons (Fsp3) is 0.357. The molecular formula is C14H17N3O3S. The van der Waals surface area contributed by atoms with E-state index in [2.05, 4.69) is 15.3 Å². The third-order valence-electron chi connectivity index (χ3n) is 2.86. The van der Waals surface area contributed by atoms with Gasteiger partial charge < -0.3 is 9.72 Å². The molecule has 1 amide bonds. The molecule has 21 heavy (non-hydrogen) atoms. The van der Waals surface area contributed by atoms with Crippen LogP contribution >= 0.6 is 11.3 Å². The zero-order chi connectivity index (χ0) is 15.6. The number of H-pyrrole nitrogens is 1. The average Bonchev–Trinajstić information content (AvgIpc) is 2.96. The number of aromatic nitrogens is 2. The van der Waals surface area contributed by atoms with Crippen LogP contribution in [-0.2, 0) is 4.74 Å². The summed E-state index contributed by atoms with van der Waals surface area (Å²) in [6.07, 6.45) is 1.40. The Morgan fingerprint density at radius 1 is 1.38 bits per heavy atom. The van der Waals surface area contributed by atoms with Crippen molar-refractivity contribution in [1.82, 2.24) is 9.97 Å². The van der Waals surface area contributed by atoms with Crippen LogP contribution in [0.25, 0.3) is 0 Å². The fourth-order valence-electron chi connectivity index (χ4n) is 2.00. The van der Waals surface area contributed by atoms with Crippen molar-refractivity contribution in [1.29, 1.82) is 0 Å². The quantitative estimate of drug-likeness (QED) is 0.851. The Hall–Kier alpha value is -2.15. The number of esters is 1. The molecule has 0 aliphatic carbocycles. The van der Waals surface area contributed by atoms with Gasteiger partial charge in [-0.2, -0.15) is 0 Å². The molecule has 2 heterocycles. The second-order valence-electron chi connectivity index (χ2n) is 4.87. The van der Waals surface area contributed by atoms with Crippen molar-refractivity contribution < 1.29 is 14.3 Å². The summed E-state index contributed by atoms with van der Waals surface area (Å²) in [6.45, 7) is 7.03. The van der Waals surface area contributed by atoms with E-state index in [0.717, 1.165) is 0 Å². The van der Waals surface area contributed by atoms with E-state index in [-0.39, 0.29) is 12.0 Å². The van der Waals surface area contributed by atoms with Crippen molar-refractivity contribution >= 4 is 28.3 Å². The van der Waals surface area contributed by atoms with Crippen molar-refractivity contribution in [2.75, 3.05) is 5.32 Å². The molecule has 0 atom stereocenters. The zero-order valence-corrected chi connectivity index (χ0v) is 13.1. The van der Waals surface area contributed by atoms with Gasteiger partial charge in [0.1, 0.15) is 5.69 Å². The van der Waals surface area contributed by atoms with Crippen molar-refractivity contribution in [2.45, 2.75) is 33.8 Å². The number of aryl methyl sites for hydroxylation is 1. The Morgan fingerprint density at radius 3 is 2.67 bits per heavy atom. The summed E-state index contributed by atoms with van der Waals surface area (Å²) in [4.78, 5) is 31.2. The summed E-state index contributed by atoms with van der Waals surface area (Å²) >= 11 is 1.33. The van der Waals surface area contributed by atoms with Gasteiger partial charge in [0.15, 0.2) is 5.13 Å². The molecule has 0 radical (unpaired) electrons. The molecule has 0 fully saturated rings. The van der Waals surface area contributed by atoms with Crippen LogP contribution in [0.3, 0.4) is 0 Å². The summed E-state index contributed by atoms with van der Waals surface area (Å²) < 4.78 is 5.20. The van der Waals surface area contributed by atoms with Crippen LogP contribution < -0.4 is 5.32 Å². The lowest BCUT2D eigenvalue weighted by Gasteiger charge is -2.08. The van der Waals surface area contributed by atoms with Crippen molar-refractivity contribution in [3.8, 4) is 0 Å². The summed E-state index contributed by atoms with van der Waals surface area (Å²) in [5, 5.41) is 4.97. The highest BCUT2D eigenvalue weighted by Crippen LogP contribution is 2.21. The predicted molar refractivity (Wildman–Crippen MR) is 80.9 cm³/mol. The smallest absolute Gasteiger partial charge is 0.340 e. The molecule has 112 valence electrons. The summed E-state index contributed by atoms with van der Waals surface area (Å²) in [7, 11) is 0. The molecule has 6 nitrogen and oxygen atoms in total. The highest BCUT2D eigenvalue weighted by atomic mass is 32.1. The maximum Gasteiger partial charge on any atom is 0.340 e. The number of hydrogen-bond donors (Lipinski definition) is 2. The zero-order valence-electron chi connectivity index (χ0n) is 12.3. The molecule has 7 heteroatoms. The minimum Gasteiger partial charge on any atom is -0.459 e. The number of carbonyl (C=O) groups is 2. The number of nitrogens with zero attached hydrogens (tertiary/aromatic N) is 1. The molecule has 0 saturated heterocycles. The van der Waals surface area contributed by atoms with Gasteiger partial charge in [-0.15, -0.1) is 11.3 Å². The Morgan fingerprint density at radius 2 is 2.10 bits per heavy atom. The summed E-state index contributed by atoms with van der Waals surface area (Å²) in [6, 6.07) is 0. The maximum absolute atomic E-state index is 12.2. The third kappa shape index (κ3) is 3.30. The molecule has 0 unspecified atom stereocenters. The first-order chi connectivity index (χ1) is 9.90. The topological polar surface area (TPSA) is 84.1 Å². The molecule has 0 spiro atoms. The van der Waals surface area contributed by atoms with Gasteiger partial charge in [0.2, 0.25) is 0 Å². The number of rotatable bonds is 4. The molecule has 2 aromatic heterocycles. The molecule has 0 saturated carbocycles. The molecule has 2 N–H and O–H groups in total. The van der Waals surface area contributed by atoms with Crippen LogP contribution in [0, 0.1) is 13.8 Å². The van der Waals surface area contributed by atoms with Gasteiger partial charge in [-0.25, -0.2) is 9.78 Å². The van der Waals surface area contributed by atoms with E-state index in [9.17, 15) is 9.59 Å². The monoisotopic (exact) mass is 307 g/mol. The Balaban J connectivity index is 2.26. The van der Waals surface area contributed by atoms with Gasteiger partial charge in [0.25, 0.3) is 5.91 Å². The first-order valence-corrected chi connectivity index (χ1v) is 7.39. The summed E-state index contributed by atoms with van der Waals surface area (Å²) in [5.74, 6) is -0.751. The van der Waals surface area contributed by atoms with Gasteiger partial charge in [-0.1, -0.05) is 0 Å². The number of thiazole rings is 1. The Labute approximate surface area is 126 Å². The predicted octanol–water partition coefficient (Wildman–Crippen LogP) is 2.91. The van der Waals surface area contributed by atoms with Gasteiger partial charge in [-0.05, 0) is 33.3 Å². The van der Waals surface area contributed by atoms with Crippen LogP contribution in [0.15, 0.2) is 11.6 Å². The van der Waals surface area contributed by atoms with Gasteiger partial charge in [0.05, 0.1) is 11.7 Å². The van der Waals surface area contributed by atoms with E-state index in [1.165, 1.54) is 11.3 Å². The van der Waals surface area contributed by atoms with Crippen molar-refractivity contribution in [3.63, 3.8) is 0 Å². The molecule has 0 aliphatic heterocycles. The fourth-order valence-corrected chi connectivity index (χ4v) is 2.52. The van der Waals surface area contributed by atoms with E-state index in [0.29, 0.717) is 27.6 Å². The number of nitrogens with one attached hydrogen (secondary N) is 2. The van der Waals surface area contributed by atoms with E-state index < -0.39 is 5.97 Å². The number of anilines is 1. The number of carbonyl (C=O) groups excluding carboxylic acids is 2. The number of amides is 1. The average molecular weight is 307 g/mol. The van der Waals surface area contributed by atoms with E-state index in [4.69, 9.17) is 4.74 Å². The molecule has 2 rings (SSSR count). The van der Waals surface area contributed by atoms with E-state index in [1.807, 2.05) is 0 Å². The number of ether oxygens (including phenoxy) is 1. The van der Waals surface area contributed by atoms with Gasteiger partial charge in [-0.3, -0.25) is 10.1 Å². The molecule has 2 aromatic rings. The normalized spacial score (nSPS) is 10.7. The minimum absolute atomic E-state index is 0.209. The lowest BCUT2D eigenvalue weighted by Crippen LogP contribution is -2.15. The lowest BCUT2D eigenvalue weighted by atomic mass is 10.1. The lowest BCUT2D eigenvalue weighted by molar-refractivity contribution is 0.0376. The highest BCUT2D eigenvalue weighted by Gasteiger charge is 2.23. The largest absolute Gasteiger partial charge is 0.459 e. The van der Waals surface area contributed by atoms with Crippen LogP contribution in [0.2, 0.25) is 0 Å². The molecule has 0 aromatic carbocycles. The van der Waals surface area contributed by atoms with Crippen LogP contribution in [0.4, 0.5) is 5.13 Å². The number of aromatic amines is 1. The third-order valence-corrected chi connectivity index (χ3v) is 3.55. The first-order valence-electron chi connectivity index (χ1n) is 6.51. The van der Waals surface area contributed by atoms with Crippen molar-refractivity contribution in [3.05, 3.63) is 34.1 Å². The van der Waals surface area contributed by atoms with E-state index in [1.54, 1.807) is 39.3 Å². The van der Waals surface area contributed by atoms with E-state index >= 15 is 0 Å². The summed E-state index contributed by atoms with van der Waals surface area (Å²) in [5.41, 5.74) is 1.95. The second-order valence-corrected chi connectivity index (χ2v) is 5.77. The van der Waals surface area contributed by atoms with Crippen molar-refractivity contribution in [2.24, 2.45) is 0 Å². The standard InChI is InChI=1S/C14H17N3O3S/c1-7(2)20-13(19)10-8(3)11(16-9(10)4)12(18)17-14-15-5-6-21-14/h5-7,16H,1-4H3,(H,15,17,18). The molecule has 0 aliphatic rings. The minimum atomic E-state index is -0.426. The van der Waals surface area contributed by atoms with Gasteiger partial charge in [0, 0.05) is 17.3 Å². The second kappa shape index (κ2) is 6.09. The first kappa shape index (κ1) is 15.2. The number of hydrogen-bond acceptors (Lipinski definition) is 5. The van der Waals surface area contributed by atoms with Crippen LogP contribution in [-0.4, -0.2) is 27.9 Å². The van der Waals surface area contributed by atoms with Crippen LogP contribution in [0.1, 0.15) is 46.0 Å². The maximum atomic E-state index is 12.2. The van der Waals surface area contributed by atoms with Gasteiger partial charge >= 0.3 is 5.97 Å². The van der Waals surface area contributed by atoms with Crippen LogP contribution in [0.5, 0.6) is 0 Å². The Kier molecular flexibility index (Phi) is 4.42. The Bertz CT molecular complexity index is 659. The molecular weight excluding hydrogens is 290 g/mol. The molecule has 0 bridgehead atoms.